The number of unbranched alkanes of at least 4 members (excludes halogenated alkanes) is 2. The molecule has 2 aromatic rings. The van der Waals surface area contributed by atoms with Gasteiger partial charge in [0.15, 0.2) is 12.4 Å². The van der Waals surface area contributed by atoms with Crippen LogP contribution in [0.1, 0.15) is 41.6 Å². The molecule has 0 unspecified atom stereocenters. The van der Waals surface area contributed by atoms with Crippen molar-refractivity contribution >= 4 is 17.4 Å². The maximum absolute atomic E-state index is 12.4. The molecule has 1 amide bonds. The molecule has 6 heteroatoms. The first-order valence-electron chi connectivity index (χ1n) is 10.5. The third kappa shape index (κ3) is 6.32. The minimum absolute atomic E-state index is 0.0221. The van der Waals surface area contributed by atoms with E-state index in [-0.39, 0.29) is 18.3 Å². The number of rotatable bonds is 11. The lowest BCUT2D eigenvalue weighted by Crippen LogP contribution is -2.25. The Morgan fingerprint density at radius 2 is 2.00 bits per heavy atom. The van der Waals surface area contributed by atoms with E-state index in [1.165, 1.54) is 5.56 Å². The number of carbonyl (C=O) groups excluding carboxylic acids is 2. The van der Waals surface area contributed by atoms with Crippen molar-refractivity contribution in [3.63, 3.8) is 0 Å². The molecule has 0 aromatic heterocycles. The number of anilines is 1. The van der Waals surface area contributed by atoms with Gasteiger partial charge in [0.25, 0.3) is 5.91 Å². The number of likely N-dealkylation sites (N-methyl/N-ethyl adjacent to an activating group) is 1. The van der Waals surface area contributed by atoms with Crippen LogP contribution in [-0.4, -0.2) is 50.4 Å². The molecule has 6 nitrogen and oxygen atoms in total. The average Bonchev–Trinajstić information content (AvgIpc) is 2.76. The number of benzene rings is 2. The van der Waals surface area contributed by atoms with Gasteiger partial charge in [0, 0.05) is 18.5 Å². The van der Waals surface area contributed by atoms with Gasteiger partial charge in [-0.1, -0.05) is 18.6 Å². The Bertz CT molecular complexity index is 881. The molecule has 30 heavy (non-hydrogen) atoms. The van der Waals surface area contributed by atoms with Crippen LogP contribution in [0, 0.1) is 0 Å². The summed E-state index contributed by atoms with van der Waals surface area (Å²) in [5.74, 6) is 1.42. The van der Waals surface area contributed by atoms with Crippen molar-refractivity contribution < 1.29 is 19.1 Å². The summed E-state index contributed by atoms with van der Waals surface area (Å²) >= 11 is 0. The van der Waals surface area contributed by atoms with Crippen molar-refractivity contribution in [2.75, 3.05) is 39.2 Å². The summed E-state index contributed by atoms with van der Waals surface area (Å²) in [6.45, 7) is 2.03. The van der Waals surface area contributed by atoms with Crippen LogP contribution in [0.25, 0.3) is 0 Å². The summed E-state index contributed by atoms with van der Waals surface area (Å²) < 4.78 is 10.6. The van der Waals surface area contributed by atoms with Gasteiger partial charge >= 0.3 is 0 Å². The quantitative estimate of drug-likeness (QED) is 0.449. The van der Waals surface area contributed by atoms with E-state index >= 15 is 0 Å². The molecule has 1 aliphatic heterocycles. The van der Waals surface area contributed by atoms with E-state index in [0.717, 1.165) is 44.5 Å². The highest BCUT2D eigenvalue weighted by Crippen LogP contribution is 2.29. The van der Waals surface area contributed by atoms with E-state index < -0.39 is 0 Å². The third-order valence-corrected chi connectivity index (χ3v) is 5.29. The van der Waals surface area contributed by atoms with Crippen LogP contribution in [0.2, 0.25) is 0 Å². The van der Waals surface area contributed by atoms with E-state index in [1.54, 1.807) is 25.3 Å². The molecule has 0 bridgehead atoms. The maximum atomic E-state index is 12.4. The monoisotopic (exact) mass is 410 g/mol. The van der Waals surface area contributed by atoms with Gasteiger partial charge in [-0.25, -0.2) is 0 Å². The topological polar surface area (TPSA) is 67.9 Å². The molecule has 1 N–H and O–H groups in total. The van der Waals surface area contributed by atoms with Crippen LogP contribution >= 0.6 is 0 Å². The summed E-state index contributed by atoms with van der Waals surface area (Å²) in [7, 11) is 3.82. The van der Waals surface area contributed by atoms with Gasteiger partial charge in [-0.2, -0.15) is 0 Å². The highest BCUT2D eigenvalue weighted by Gasteiger charge is 2.17. The fourth-order valence-electron chi connectivity index (χ4n) is 3.50. The number of Topliss-reactive ketones (excluding diaryl/α,β-unsaturated/α-hetero) is 1. The van der Waals surface area contributed by atoms with E-state index in [9.17, 15) is 9.59 Å². The Morgan fingerprint density at radius 3 is 2.83 bits per heavy atom. The molecule has 0 atom stereocenters. The minimum Gasteiger partial charge on any atom is -0.497 e. The van der Waals surface area contributed by atoms with Crippen molar-refractivity contribution in [3.8, 4) is 11.5 Å². The molecule has 160 valence electrons. The fourth-order valence-corrected chi connectivity index (χ4v) is 3.50. The minimum atomic E-state index is -0.192. The molecule has 3 rings (SSSR count). The molecule has 1 heterocycles. The van der Waals surface area contributed by atoms with Gasteiger partial charge in [-0.05, 0) is 68.8 Å². The number of methoxy groups -OCH3 is 1. The highest BCUT2D eigenvalue weighted by molar-refractivity contribution is 6.00. The second-order valence-corrected chi connectivity index (χ2v) is 7.69. The third-order valence-electron chi connectivity index (χ3n) is 5.29. The van der Waals surface area contributed by atoms with Crippen LogP contribution in [0.15, 0.2) is 42.5 Å². The Balaban J connectivity index is 1.33. The standard InChI is InChI=1S/C24H30N2O4/c1-26(14-12-18-7-6-8-20(15-18)29-2)13-5-3-4-9-22(27)19-10-11-23-21(16-19)25-24(28)17-30-23/h6-8,10-11,15-16H,3-5,9,12-14,17H2,1-2H3,(H,25,28). The number of hydrogen-bond donors (Lipinski definition) is 1. The Kier molecular flexibility index (Phi) is 7.85. The van der Waals surface area contributed by atoms with Crippen molar-refractivity contribution in [3.05, 3.63) is 53.6 Å². The van der Waals surface area contributed by atoms with Crippen LogP contribution in [0.5, 0.6) is 11.5 Å². The number of ether oxygens (including phenoxy) is 2. The fraction of sp³-hybridized carbons (Fsp3) is 0.417. The first-order valence-corrected chi connectivity index (χ1v) is 10.5. The van der Waals surface area contributed by atoms with Crippen LogP contribution in [0.3, 0.4) is 0 Å². The van der Waals surface area contributed by atoms with Gasteiger partial charge < -0.3 is 19.7 Å². The SMILES string of the molecule is COc1cccc(CCN(C)CCCCCC(=O)c2ccc3c(c2)NC(=O)CO3)c1. The van der Waals surface area contributed by atoms with Gasteiger partial charge in [0.05, 0.1) is 12.8 Å². The number of nitrogens with zero attached hydrogens (tertiary/aromatic N) is 1. The zero-order valence-electron chi connectivity index (χ0n) is 17.8. The molecule has 0 saturated heterocycles. The maximum Gasteiger partial charge on any atom is 0.262 e. The number of fused-ring (bicyclic) bond motifs is 1. The normalized spacial score (nSPS) is 12.8. The summed E-state index contributed by atoms with van der Waals surface area (Å²) in [6.07, 6.45) is 4.45. The molecule has 0 saturated carbocycles. The zero-order chi connectivity index (χ0) is 21.3. The van der Waals surface area contributed by atoms with Crippen molar-refractivity contribution in [1.29, 1.82) is 0 Å². The second-order valence-electron chi connectivity index (χ2n) is 7.69. The van der Waals surface area contributed by atoms with Gasteiger partial charge in [-0.3, -0.25) is 9.59 Å². The number of ketones is 1. The molecule has 0 radical (unpaired) electrons. The van der Waals surface area contributed by atoms with Crippen molar-refractivity contribution in [1.82, 2.24) is 4.90 Å². The number of amides is 1. The highest BCUT2D eigenvalue weighted by atomic mass is 16.5. The summed E-state index contributed by atoms with van der Waals surface area (Å²) in [5.41, 5.74) is 2.48. The molecule has 0 fully saturated rings. The number of hydrogen-bond acceptors (Lipinski definition) is 5. The van der Waals surface area contributed by atoms with Gasteiger partial charge in [0.2, 0.25) is 0 Å². The number of nitrogens with one attached hydrogen (secondary N) is 1. The molecule has 2 aromatic carbocycles. The molecular formula is C24H30N2O4. The molecule has 0 aliphatic carbocycles. The molecular weight excluding hydrogens is 380 g/mol. The lowest BCUT2D eigenvalue weighted by molar-refractivity contribution is -0.118. The molecule has 1 aliphatic rings. The largest absolute Gasteiger partial charge is 0.497 e. The van der Waals surface area contributed by atoms with E-state index in [1.807, 2.05) is 12.1 Å². The van der Waals surface area contributed by atoms with Crippen LogP contribution < -0.4 is 14.8 Å². The first-order chi connectivity index (χ1) is 14.5. The van der Waals surface area contributed by atoms with Gasteiger partial charge in [-0.15, -0.1) is 0 Å². The van der Waals surface area contributed by atoms with Crippen LogP contribution in [0.4, 0.5) is 5.69 Å². The van der Waals surface area contributed by atoms with Crippen LogP contribution in [-0.2, 0) is 11.2 Å². The van der Waals surface area contributed by atoms with E-state index in [2.05, 4.69) is 29.4 Å². The predicted molar refractivity (Wildman–Crippen MR) is 118 cm³/mol. The predicted octanol–water partition coefficient (Wildman–Crippen LogP) is 3.94. The second kappa shape index (κ2) is 10.8. The van der Waals surface area contributed by atoms with Gasteiger partial charge in [0.1, 0.15) is 11.5 Å². The Labute approximate surface area is 178 Å². The zero-order valence-corrected chi connectivity index (χ0v) is 17.8. The lowest BCUT2D eigenvalue weighted by Gasteiger charge is -2.18. The molecule has 0 spiro atoms. The van der Waals surface area contributed by atoms with Crippen molar-refractivity contribution in [2.24, 2.45) is 0 Å². The summed E-state index contributed by atoms with van der Waals surface area (Å²) in [5, 5.41) is 2.75. The van der Waals surface area contributed by atoms with E-state index in [4.69, 9.17) is 9.47 Å². The summed E-state index contributed by atoms with van der Waals surface area (Å²) in [4.78, 5) is 26.2. The first kappa shape index (κ1) is 21.8. The smallest absolute Gasteiger partial charge is 0.262 e. The van der Waals surface area contributed by atoms with E-state index in [0.29, 0.717) is 23.4 Å². The number of carbonyl (C=O) groups is 2. The summed E-state index contributed by atoms with van der Waals surface area (Å²) in [6, 6.07) is 13.4. The van der Waals surface area contributed by atoms with Crippen molar-refractivity contribution in [2.45, 2.75) is 32.1 Å². The Morgan fingerprint density at radius 1 is 1.13 bits per heavy atom. The average molecular weight is 411 g/mol. The lowest BCUT2D eigenvalue weighted by atomic mass is 10.0. The Hall–Kier alpha value is -2.86.